The quantitative estimate of drug-likeness (QED) is 0.117. The Bertz CT molecular complexity index is 2060. The van der Waals surface area contributed by atoms with Gasteiger partial charge in [0, 0.05) is 24.3 Å². The van der Waals surface area contributed by atoms with Crippen LogP contribution in [0.1, 0.15) is 55.5 Å². The van der Waals surface area contributed by atoms with Crippen molar-refractivity contribution in [1.29, 1.82) is 0 Å². The van der Waals surface area contributed by atoms with Crippen molar-refractivity contribution >= 4 is 84.1 Å². The van der Waals surface area contributed by atoms with E-state index in [1.807, 2.05) is 0 Å². The van der Waals surface area contributed by atoms with Crippen LogP contribution in [0.5, 0.6) is 0 Å². The molecule has 0 spiro atoms. The van der Waals surface area contributed by atoms with Crippen molar-refractivity contribution < 1.29 is 50.5 Å². The Morgan fingerprint density at radius 3 is 1.83 bits per heavy atom. The third kappa shape index (κ3) is 8.50. The molecule has 3 rings (SSSR count). The number of aryl methyl sites for hydroxylation is 1. The normalized spacial score (nSPS) is 12.1. The number of aliphatic imine (C=N–C) groups is 1. The first-order valence-corrected chi connectivity index (χ1v) is 17.7. The molecular formula is C30H31Cl2N3O11S2. The minimum atomic E-state index is -4.78. The molecule has 0 bridgehead atoms. The predicted molar refractivity (Wildman–Crippen MR) is 181 cm³/mol. The van der Waals surface area contributed by atoms with Gasteiger partial charge in [0.05, 0.1) is 38.3 Å². The molecule has 0 fully saturated rings. The topological polar surface area (TPSA) is 228 Å². The summed E-state index contributed by atoms with van der Waals surface area (Å²) in [6, 6.07) is 6.51. The fourth-order valence-electron chi connectivity index (χ4n) is 5.22. The van der Waals surface area contributed by atoms with Crippen LogP contribution in [0.3, 0.4) is 0 Å². The third-order valence-electron chi connectivity index (χ3n) is 7.46. The summed E-state index contributed by atoms with van der Waals surface area (Å²) in [6.45, 7) is 7.88. The largest absolute Gasteiger partial charge is 0.478 e. The third-order valence-corrected chi connectivity index (χ3v) is 9.79. The van der Waals surface area contributed by atoms with Gasteiger partial charge in [-0.25, -0.2) is 14.6 Å². The summed E-state index contributed by atoms with van der Waals surface area (Å²) in [5.74, 6) is -4.43. The van der Waals surface area contributed by atoms with Crippen LogP contribution in [-0.4, -0.2) is 78.6 Å². The van der Waals surface area contributed by atoms with Gasteiger partial charge in [-0.3, -0.25) is 13.9 Å². The zero-order valence-electron chi connectivity index (χ0n) is 26.1. The molecule has 3 aromatic carbocycles. The number of carbonyl (C=O) groups excluding carboxylic acids is 1. The highest BCUT2D eigenvalue weighted by atomic mass is 35.5. The number of nitrogens with zero attached hydrogens (tertiary/aromatic N) is 2. The molecule has 18 heteroatoms. The second-order valence-electron chi connectivity index (χ2n) is 10.6. The van der Waals surface area contributed by atoms with E-state index in [4.69, 9.17) is 23.2 Å². The van der Waals surface area contributed by atoms with Gasteiger partial charge in [-0.2, -0.15) is 16.8 Å². The number of amides is 1. The van der Waals surface area contributed by atoms with E-state index in [2.05, 4.69) is 10.3 Å². The highest BCUT2D eigenvalue weighted by Crippen LogP contribution is 2.34. The van der Waals surface area contributed by atoms with Crippen molar-refractivity contribution in [2.45, 2.75) is 39.5 Å². The zero-order valence-corrected chi connectivity index (χ0v) is 29.3. The molecule has 0 unspecified atom stereocenters. The number of aromatic carboxylic acids is 2. The summed E-state index contributed by atoms with van der Waals surface area (Å²) in [5.41, 5.74) is -0.259. The molecule has 48 heavy (non-hydrogen) atoms. The SMILES string of the molecule is CCN(CCS(=O)(=O)O)c1ccc(N=C(C(=O)Nc2cc(Cl)c(S(=O)(=O)O)cc2Cl)c2c(C)c(C(=O)O)c(C)c(C(=O)O)c2C)c(C)c1. The second kappa shape index (κ2) is 14.6. The Balaban J connectivity index is 2.32. The van der Waals surface area contributed by atoms with Gasteiger partial charge < -0.3 is 20.4 Å². The number of benzene rings is 3. The number of rotatable bonds is 12. The molecule has 14 nitrogen and oxygen atoms in total. The van der Waals surface area contributed by atoms with Crippen molar-refractivity contribution in [3.8, 4) is 0 Å². The molecule has 3 aromatic rings. The number of hydrogen-bond acceptors (Lipinski definition) is 9. The van der Waals surface area contributed by atoms with Gasteiger partial charge in [0.15, 0.2) is 0 Å². The summed E-state index contributed by atoms with van der Waals surface area (Å²) >= 11 is 12.3. The van der Waals surface area contributed by atoms with E-state index in [9.17, 15) is 50.5 Å². The summed E-state index contributed by atoms with van der Waals surface area (Å²) in [4.78, 5) is 44.2. The highest BCUT2D eigenvalue weighted by molar-refractivity contribution is 7.86. The molecule has 258 valence electrons. The van der Waals surface area contributed by atoms with Crippen LogP contribution in [0.25, 0.3) is 0 Å². The van der Waals surface area contributed by atoms with Crippen molar-refractivity contribution in [2.24, 2.45) is 4.99 Å². The number of carboxylic acids is 2. The maximum absolute atomic E-state index is 14.0. The van der Waals surface area contributed by atoms with E-state index in [1.54, 1.807) is 30.9 Å². The van der Waals surface area contributed by atoms with Gasteiger partial charge >= 0.3 is 11.9 Å². The van der Waals surface area contributed by atoms with E-state index in [0.29, 0.717) is 17.8 Å². The van der Waals surface area contributed by atoms with Gasteiger partial charge in [-0.1, -0.05) is 23.2 Å². The molecule has 0 aliphatic carbocycles. The van der Waals surface area contributed by atoms with Crippen molar-refractivity contribution in [3.63, 3.8) is 0 Å². The minimum absolute atomic E-state index is 0.0254. The smallest absolute Gasteiger partial charge is 0.336 e. The minimum Gasteiger partial charge on any atom is -0.478 e. The lowest BCUT2D eigenvalue weighted by Gasteiger charge is -2.23. The first-order valence-electron chi connectivity index (χ1n) is 13.9. The van der Waals surface area contributed by atoms with Crippen LogP contribution < -0.4 is 10.2 Å². The van der Waals surface area contributed by atoms with E-state index in [-0.39, 0.29) is 56.3 Å². The molecule has 0 aliphatic heterocycles. The fourth-order valence-corrected chi connectivity index (χ4v) is 6.97. The first-order chi connectivity index (χ1) is 22.1. The number of nitrogens with one attached hydrogen (secondary N) is 1. The standard InChI is InChI=1S/C30H31Cl2N3O11S2/c1-6-35(9-10-47(41,42)43)18-7-8-21(14(2)11-18)33-27(24-15(3)25(29(37)38)17(5)26(16(24)4)30(39)40)28(36)34-22-12-20(32)23(13-19(22)31)48(44,45)46/h7-8,11-13H,6,9-10H2,1-5H3,(H,34,36)(H,37,38)(H,39,40)(H,41,42,43)(H,44,45,46). The lowest BCUT2D eigenvalue weighted by molar-refractivity contribution is -0.110. The van der Waals surface area contributed by atoms with Gasteiger partial charge in [0.1, 0.15) is 10.6 Å². The highest BCUT2D eigenvalue weighted by Gasteiger charge is 2.30. The van der Waals surface area contributed by atoms with Crippen LogP contribution in [0.15, 0.2) is 40.2 Å². The zero-order chi connectivity index (χ0) is 36.5. The maximum Gasteiger partial charge on any atom is 0.336 e. The van der Waals surface area contributed by atoms with Gasteiger partial charge in [-0.15, -0.1) is 0 Å². The Hall–Kier alpha value is -4.06. The van der Waals surface area contributed by atoms with Gasteiger partial charge in [0.25, 0.3) is 26.1 Å². The van der Waals surface area contributed by atoms with E-state index >= 15 is 0 Å². The number of hydrogen-bond donors (Lipinski definition) is 5. The van der Waals surface area contributed by atoms with Crippen LogP contribution in [-0.2, 0) is 25.0 Å². The molecule has 1 amide bonds. The van der Waals surface area contributed by atoms with Crippen molar-refractivity contribution in [3.05, 3.63) is 79.3 Å². The summed E-state index contributed by atoms with van der Waals surface area (Å²) < 4.78 is 64.6. The molecular weight excluding hydrogens is 713 g/mol. The number of halogens is 2. The van der Waals surface area contributed by atoms with E-state index < -0.39 is 59.5 Å². The Kier molecular flexibility index (Phi) is 11.7. The predicted octanol–water partition coefficient (Wildman–Crippen LogP) is 5.34. The van der Waals surface area contributed by atoms with Crippen LogP contribution in [0.4, 0.5) is 17.1 Å². The maximum atomic E-state index is 14.0. The molecule has 0 saturated heterocycles. The summed E-state index contributed by atoms with van der Waals surface area (Å²) in [7, 11) is -9.01. The van der Waals surface area contributed by atoms with Crippen molar-refractivity contribution in [1.82, 2.24) is 0 Å². The number of carboxylic acid groups (broad SMARTS) is 2. The number of carbonyl (C=O) groups is 3. The van der Waals surface area contributed by atoms with Crippen LogP contribution in [0, 0.1) is 27.7 Å². The average molecular weight is 745 g/mol. The van der Waals surface area contributed by atoms with Crippen molar-refractivity contribution in [2.75, 3.05) is 29.1 Å². The molecule has 0 radical (unpaired) electrons. The van der Waals surface area contributed by atoms with E-state index in [0.717, 1.165) is 12.1 Å². The molecule has 5 N–H and O–H groups in total. The molecule has 0 atom stereocenters. The van der Waals surface area contributed by atoms with Gasteiger partial charge in [0.2, 0.25) is 0 Å². The lowest BCUT2D eigenvalue weighted by atomic mass is 9.85. The van der Waals surface area contributed by atoms with E-state index in [1.165, 1.54) is 26.8 Å². The molecule has 0 saturated carbocycles. The fraction of sp³-hybridized carbons (Fsp3) is 0.267. The van der Waals surface area contributed by atoms with Crippen LogP contribution >= 0.6 is 23.2 Å². The number of anilines is 2. The first kappa shape index (κ1) is 38.4. The monoisotopic (exact) mass is 743 g/mol. The van der Waals surface area contributed by atoms with Crippen LogP contribution in [0.2, 0.25) is 10.0 Å². The molecule has 0 aromatic heterocycles. The summed E-state index contributed by atoms with van der Waals surface area (Å²) in [6.07, 6.45) is 0. The summed E-state index contributed by atoms with van der Waals surface area (Å²) in [5, 5.41) is 21.7. The molecule has 0 aliphatic rings. The lowest BCUT2D eigenvalue weighted by Crippen LogP contribution is -2.29. The Morgan fingerprint density at radius 2 is 1.38 bits per heavy atom. The Labute approximate surface area is 286 Å². The molecule has 0 heterocycles. The van der Waals surface area contributed by atoms with Gasteiger partial charge in [-0.05, 0) is 87.2 Å². The second-order valence-corrected chi connectivity index (χ2v) is 14.4. The average Bonchev–Trinajstić information content (AvgIpc) is 2.93. The Morgan fingerprint density at radius 1 is 0.833 bits per heavy atom.